The van der Waals surface area contributed by atoms with E-state index in [4.69, 9.17) is 4.74 Å². The largest absolute Gasteiger partial charge is 0.497 e. The average Bonchev–Trinajstić information content (AvgIpc) is 2.52. The van der Waals surface area contributed by atoms with Crippen LogP contribution >= 0.6 is 0 Å². The quantitative estimate of drug-likeness (QED) is 0.884. The van der Waals surface area contributed by atoms with Crippen LogP contribution in [0.5, 0.6) is 5.75 Å². The van der Waals surface area contributed by atoms with Crippen molar-refractivity contribution in [2.24, 2.45) is 0 Å². The summed E-state index contributed by atoms with van der Waals surface area (Å²) in [4.78, 5) is 12.3. The number of methoxy groups -OCH3 is 1. The summed E-state index contributed by atoms with van der Waals surface area (Å²) in [7, 11) is 1.61. The summed E-state index contributed by atoms with van der Waals surface area (Å²) in [5.41, 5.74) is 4.09. The number of hydrogen-bond acceptors (Lipinski definition) is 3. The number of aryl methyl sites for hydroxylation is 1. The summed E-state index contributed by atoms with van der Waals surface area (Å²) in [5.74, 6) is 0.686. The second kappa shape index (κ2) is 6.98. The van der Waals surface area contributed by atoms with Gasteiger partial charge in [-0.1, -0.05) is 12.1 Å². The van der Waals surface area contributed by atoms with Gasteiger partial charge in [0, 0.05) is 11.4 Å². The second-order valence-electron chi connectivity index (χ2n) is 5.33. The van der Waals surface area contributed by atoms with Crippen LogP contribution in [0.2, 0.25) is 0 Å². The first-order valence-corrected chi connectivity index (χ1v) is 7.29. The summed E-state index contributed by atoms with van der Waals surface area (Å²) in [6.45, 7) is 5.95. The van der Waals surface area contributed by atoms with Gasteiger partial charge in [0.15, 0.2) is 0 Å². The molecular weight excluding hydrogens is 276 g/mol. The van der Waals surface area contributed by atoms with Crippen LogP contribution < -0.4 is 15.4 Å². The molecule has 1 amide bonds. The fourth-order valence-electron chi connectivity index (χ4n) is 2.13. The summed E-state index contributed by atoms with van der Waals surface area (Å²) < 4.78 is 5.10. The van der Waals surface area contributed by atoms with E-state index in [0.29, 0.717) is 0 Å². The number of rotatable bonds is 5. The molecule has 1 unspecified atom stereocenters. The highest BCUT2D eigenvalue weighted by molar-refractivity contribution is 5.96. The first-order valence-electron chi connectivity index (χ1n) is 7.29. The van der Waals surface area contributed by atoms with E-state index >= 15 is 0 Å². The Balaban J connectivity index is 2.01. The molecule has 2 N–H and O–H groups in total. The molecule has 0 aromatic heterocycles. The fraction of sp³-hybridized carbons (Fsp3) is 0.278. The number of nitrogens with one attached hydrogen (secondary N) is 2. The molecule has 0 aliphatic heterocycles. The predicted molar refractivity (Wildman–Crippen MR) is 90.6 cm³/mol. The van der Waals surface area contributed by atoms with Crippen molar-refractivity contribution in [2.45, 2.75) is 26.8 Å². The van der Waals surface area contributed by atoms with Crippen molar-refractivity contribution in [3.05, 3.63) is 53.6 Å². The zero-order chi connectivity index (χ0) is 16.1. The number of carbonyl (C=O) groups is 1. The van der Waals surface area contributed by atoms with Crippen molar-refractivity contribution in [3.8, 4) is 5.75 Å². The maximum absolute atomic E-state index is 12.3. The van der Waals surface area contributed by atoms with Crippen LogP contribution in [-0.4, -0.2) is 19.1 Å². The zero-order valence-corrected chi connectivity index (χ0v) is 13.4. The summed E-state index contributed by atoms with van der Waals surface area (Å²) >= 11 is 0. The molecule has 2 aromatic carbocycles. The van der Waals surface area contributed by atoms with Gasteiger partial charge in [-0.15, -0.1) is 0 Å². The third kappa shape index (κ3) is 3.79. The predicted octanol–water partition coefficient (Wildman–Crippen LogP) is 3.75. The molecule has 0 saturated heterocycles. The number of benzene rings is 2. The van der Waals surface area contributed by atoms with Crippen LogP contribution in [0, 0.1) is 13.8 Å². The molecule has 22 heavy (non-hydrogen) atoms. The van der Waals surface area contributed by atoms with E-state index in [1.807, 2.05) is 50.2 Å². The third-order valence-corrected chi connectivity index (χ3v) is 3.73. The van der Waals surface area contributed by atoms with Gasteiger partial charge >= 0.3 is 0 Å². The number of carbonyl (C=O) groups excluding carboxylic acids is 1. The molecule has 4 heteroatoms. The topological polar surface area (TPSA) is 50.4 Å². The van der Waals surface area contributed by atoms with E-state index < -0.39 is 0 Å². The third-order valence-electron chi connectivity index (χ3n) is 3.73. The van der Waals surface area contributed by atoms with E-state index in [-0.39, 0.29) is 11.9 Å². The number of ether oxygens (including phenoxy) is 1. The van der Waals surface area contributed by atoms with E-state index in [1.165, 1.54) is 5.56 Å². The maximum atomic E-state index is 12.3. The maximum Gasteiger partial charge on any atom is 0.246 e. The molecule has 0 aliphatic carbocycles. The summed E-state index contributed by atoms with van der Waals surface area (Å²) in [5, 5.41) is 6.15. The van der Waals surface area contributed by atoms with E-state index in [0.717, 1.165) is 22.7 Å². The van der Waals surface area contributed by atoms with Gasteiger partial charge in [0.1, 0.15) is 11.8 Å². The second-order valence-corrected chi connectivity index (χ2v) is 5.33. The van der Waals surface area contributed by atoms with Gasteiger partial charge in [0.25, 0.3) is 0 Å². The smallest absolute Gasteiger partial charge is 0.246 e. The number of amides is 1. The van der Waals surface area contributed by atoms with Gasteiger partial charge in [-0.3, -0.25) is 4.79 Å². The molecule has 1 atom stereocenters. The number of anilines is 2. The monoisotopic (exact) mass is 298 g/mol. The zero-order valence-electron chi connectivity index (χ0n) is 13.4. The van der Waals surface area contributed by atoms with Crippen LogP contribution in [0.1, 0.15) is 18.1 Å². The highest BCUT2D eigenvalue weighted by atomic mass is 16.5. The minimum atomic E-state index is -0.331. The van der Waals surface area contributed by atoms with E-state index in [2.05, 4.69) is 23.6 Å². The Hall–Kier alpha value is -2.49. The Labute approximate surface area is 131 Å². The number of hydrogen-bond donors (Lipinski definition) is 2. The van der Waals surface area contributed by atoms with Gasteiger partial charge in [-0.05, 0) is 62.2 Å². The first-order chi connectivity index (χ1) is 10.5. The lowest BCUT2D eigenvalue weighted by Crippen LogP contribution is -2.32. The molecule has 0 heterocycles. The van der Waals surface area contributed by atoms with Crippen LogP contribution in [0.3, 0.4) is 0 Å². The van der Waals surface area contributed by atoms with Gasteiger partial charge in [-0.2, -0.15) is 0 Å². The van der Waals surface area contributed by atoms with Crippen molar-refractivity contribution >= 4 is 17.3 Å². The molecule has 0 spiro atoms. The molecule has 0 saturated carbocycles. The lowest BCUT2D eigenvalue weighted by Gasteiger charge is -2.18. The highest BCUT2D eigenvalue weighted by Gasteiger charge is 2.14. The Kier molecular flexibility index (Phi) is 5.04. The molecule has 0 fully saturated rings. The Morgan fingerprint density at radius 1 is 1.09 bits per heavy atom. The summed E-state index contributed by atoms with van der Waals surface area (Å²) in [6.07, 6.45) is 0. The molecule has 0 bridgehead atoms. The van der Waals surface area contributed by atoms with Crippen LogP contribution in [0.25, 0.3) is 0 Å². The minimum Gasteiger partial charge on any atom is -0.497 e. The average molecular weight is 298 g/mol. The van der Waals surface area contributed by atoms with Gasteiger partial charge in [0.05, 0.1) is 7.11 Å². The lowest BCUT2D eigenvalue weighted by molar-refractivity contribution is -0.116. The standard InChI is InChI=1S/C18H22N2O2/c1-12-6-5-7-17(13(12)2)19-14(3)18(21)20-15-8-10-16(22-4)11-9-15/h5-11,14,19H,1-4H3,(H,20,21). The molecule has 0 aliphatic rings. The normalized spacial score (nSPS) is 11.6. The molecule has 116 valence electrons. The van der Waals surface area contributed by atoms with Crippen LogP contribution in [-0.2, 0) is 4.79 Å². The van der Waals surface area contributed by atoms with Gasteiger partial charge in [0.2, 0.25) is 5.91 Å². The molecule has 2 rings (SSSR count). The van der Waals surface area contributed by atoms with Crippen molar-refractivity contribution in [1.82, 2.24) is 0 Å². The molecule has 2 aromatic rings. The van der Waals surface area contributed by atoms with E-state index in [9.17, 15) is 4.79 Å². The Bertz CT molecular complexity index is 651. The lowest BCUT2D eigenvalue weighted by atomic mass is 10.1. The fourth-order valence-corrected chi connectivity index (χ4v) is 2.13. The first kappa shape index (κ1) is 15.9. The summed E-state index contributed by atoms with van der Waals surface area (Å²) in [6, 6.07) is 13.0. The van der Waals surface area contributed by atoms with Crippen molar-refractivity contribution in [3.63, 3.8) is 0 Å². The minimum absolute atomic E-state index is 0.0777. The highest BCUT2D eigenvalue weighted by Crippen LogP contribution is 2.19. The molecule has 0 radical (unpaired) electrons. The van der Waals surface area contributed by atoms with Crippen LogP contribution in [0.15, 0.2) is 42.5 Å². The Morgan fingerprint density at radius 3 is 2.41 bits per heavy atom. The Morgan fingerprint density at radius 2 is 1.77 bits per heavy atom. The van der Waals surface area contributed by atoms with Gasteiger partial charge in [-0.25, -0.2) is 0 Å². The van der Waals surface area contributed by atoms with E-state index in [1.54, 1.807) is 7.11 Å². The van der Waals surface area contributed by atoms with Crippen LogP contribution in [0.4, 0.5) is 11.4 Å². The van der Waals surface area contributed by atoms with Crippen molar-refractivity contribution in [2.75, 3.05) is 17.7 Å². The molecular formula is C18H22N2O2. The SMILES string of the molecule is COc1ccc(NC(=O)C(C)Nc2cccc(C)c2C)cc1. The molecule has 4 nitrogen and oxygen atoms in total. The van der Waals surface area contributed by atoms with Crippen molar-refractivity contribution < 1.29 is 9.53 Å². The van der Waals surface area contributed by atoms with Crippen molar-refractivity contribution in [1.29, 1.82) is 0 Å². The van der Waals surface area contributed by atoms with Gasteiger partial charge < -0.3 is 15.4 Å².